The van der Waals surface area contributed by atoms with Gasteiger partial charge in [-0.3, -0.25) is 4.79 Å². The first kappa shape index (κ1) is 19.3. The molecule has 1 saturated heterocycles. The molecule has 2 fully saturated rings. The summed E-state index contributed by atoms with van der Waals surface area (Å²) in [4.78, 5) is 14.0. The van der Waals surface area contributed by atoms with Crippen LogP contribution in [0, 0.1) is 5.92 Å². The van der Waals surface area contributed by atoms with E-state index in [2.05, 4.69) is 34.7 Å². The molecule has 1 saturated carbocycles. The van der Waals surface area contributed by atoms with E-state index in [4.69, 9.17) is 0 Å². The van der Waals surface area contributed by atoms with Crippen LogP contribution in [0.4, 0.5) is 0 Å². The fourth-order valence-electron chi connectivity index (χ4n) is 4.41. The Morgan fingerprint density at radius 1 is 1.27 bits per heavy atom. The summed E-state index contributed by atoms with van der Waals surface area (Å²) in [6.07, 6.45) is 9.31. The van der Waals surface area contributed by atoms with Crippen molar-refractivity contribution in [2.75, 3.05) is 13.1 Å². The second-order valence-corrected chi connectivity index (χ2v) is 8.51. The summed E-state index contributed by atoms with van der Waals surface area (Å²) in [6.45, 7) is 8.43. The van der Waals surface area contributed by atoms with Gasteiger partial charge in [0, 0.05) is 32.6 Å². The van der Waals surface area contributed by atoms with E-state index in [0.29, 0.717) is 18.5 Å². The average Bonchev–Trinajstić information content (AvgIpc) is 3.10. The van der Waals surface area contributed by atoms with Gasteiger partial charge in [0.1, 0.15) is 0 Å². The van der Waals surface area contributed by atoms with E-state index in [9.17, 15) is 4.79 Å². The smallest absolute Gasteiger partial charge is 0.219 e. The molecule has 1 N–H and O–H groups in total. The Labute approximate surface area is 156 Å². The normalized spacial score (nSPS) is 25.0. The van der Waals surface area contributed by atoms with Crippen LogP contribution in [0.15, 0.2) is 0 Å². The SMILES string of the molecule is CC(=O)N1CCC[C@@](NC2CCCCC2)(c2nnnn2CCC(C)C)C1. The maximum Gasteiger partial charge on any atom is 0.219 e. The second-order valence-electron chi connectivity index (χ2n) is 8.51. The number of hydrogen-bond donors (Lipinski definition) is 1. The molecular formula is C19H34N6O. The molecule has 1 atom stereocenters. The van der Waals surface area contributed by atoms with Crippen LogP contribution in [0.5, 0.6) is 0 Å². The highest BCUT2D eigenvalue weighted by molar-refractivity contribution is 5.73. The monoisotopic (exact) mass is 362 g/mol. The molecule has 0 bridgehead atoms. The highest BCUT2D eigenvalue weighted by atomic mass is 16.2. The summed E-state index contributed by atoms with van der Waals surface area (Å²) < 4.78 is 1.97. The quantitative estimate of drug-likeness (QED) is 0.841. The van der Waals surface area contributed by atoms with Crippen molar-refractivity contribution < 1.29 is 4.79 Å². The van der Waals surface area contributed by atoms with E-state index in [1.54, 1.807) is 6.92 Å². The zero-order chi connectivity index (χ0) is 18.6. The molecule has 0 radical (unpaired) electrons. The van der Waals surface area contributed by atoms with E-state index in [0.717, 1.165) is 38.2 Å². The number of nitrogens with zero attached hydrogens (tertiary/aromatic N) is 5. The van der Waals surface area contributed by atoms with E-state index >= 15 is 0 Å². The van der Waals surface area contributed by atoms with Crippen LogP contribution in [0.1, 0.15) is 78.0 Å². The van der Waals surface area contributed by atoms with Crippen LogP contribution in [0.25, 0.3) is 0 Å². The molecule has 1 aliphatic heterocycles. The van der Waals surface area contributed by atoms with E-state index in [-0.39, 0.29) is 11.4 Å². The van der Waals surface area contributed by atoms with Gasteiger partial charge in [0.05, 0.1) is 5.54 Å². The lowest BCUT2D eigenvalue weighted by Gasteiger charge is -2.44. The van der Waals surface area contributed by atoms with Gasteiger partial charge < -0.3 is 10.2 Å². The molecule has 26 heavy (non-hydrogen) atoms. The lowest BCUT2D eigenvalue weighted by molar-refractivity contribution is -0.131. The van der Waals surface area contributed by atoms with Crippen molar-refractivity contribution in [2.45, 2.75) is 90.3 Å². The van der Waals surface area contributed by atoms with Crippen molar-refractivity contribution in [3.05, 3.63) is 5.82 Å². The number of hydrogen-bond acceptors (Lipinski definition) is 5. The third-order valence-corrected chi connectivity index (χ3v) is 5.90. The Kier molecular flexibility index (Phi) is 6.27. The maximum atomic E-state index is 12.1. The fourth-order valence-corrected chi connectivity index (χ4v) is 4.41. The minimum absolute atomic E-state index is 0.140. The van der Waals surface area contributed by atoms with Crippen LogP contribution in [0.3, 0.4) is 0 Å². The number of aromatic nitrogens is 4. The van der Waals surface area contributed by atoms with Crippen molar-refractivity contribution in [1.29, 1.82) is 0 Å². The van der Waals surface area contributed by atoms with Crippen LogP contribution in [-0.2, 0) is 16.9 Å². The highest BCUT2D eigenvalue weighted by Crippen LogP contribution is 2.33. The van der Waals surface area contributed by atoms with Gasteiger partial charge in [-0.1, -0.05) is 33.1 Å². The number of likely N-dealkylation sites (tertiary alicyclic amines) is 1. The minimum atomic E-state index is -0.327. The summed E-state index contributed by atoms with van der Waals surface area (Å²) in [7, 11) is 0. The average molecular weight is 363 g/mol. The lowest BCUT2D eigenvalue weighted by Crippen LogP contribution is -2.59. The number of carbonyl (C=O) groups excluding carboxylic acids is 1. The molecule has 1 aromatic heterocycles. The molecule has 146 valence electrons. The molecule has 0 aromatic carbocycles. The predicted molar refractivity (Wildman–Crippen MR) is 100 cm³/mol. The molecule has 2 heterocycles. The molecular weight excluding hydrogens is 328 g/mol. The van der Waals surface area contributed by atoms with Crippen LogP contribution in [-0.4, -0.2) is 50.1 Å². The van der Waals surface area contributed by atoms with Gasteiger partial charge in [-0.2, -0.15) is 0 Å². The first-order chi connectivity index (χ1) is 12.5. The van der Waals surface area contributed by atoms with Gasteiger partial charge in [-0.25, -0.2) is 4.68 Å². The van der Waals surface area contributed by atoms with Crippen molar-refractivity contribution in [2.24, 2.45) is 5.92 Å². The van der Waals surface area contributed by atoms with Crippen molar-refractivity contribution >= 4 is 5.91 Å². The van der Waals surface area contributed by atoms with Crippen LogP contribution in [0.2, 0.25) is 0 Å². The fraction of sp³-hybridized carbons (Fsp3) is 0.895. The summed E-state index contributed by atoms with van der Waals surface area (Å²) in [5.41, 5.74) is -0.327. The minimum Gasteiger partial charge on any atom is -0.341 e. The molecule has 0 spiro atoms. The first-order valence-electron chi connectivity index (χ1n) is 10.3. The third-order valence-electron chi connectivity index (χ3n) is 5.90. The van der Waals surface area contributed by atoms with Crippen LogP contribution < -0.4 is 5.32 Å². The summed E-state index contributed by atoms with van der Waals surface area (Å²) >= 11 is 0. The van der Waals surface area contributed by atoms with Gasteiger partial charge in [-0.15, -0.1) is 5.10 Å². The van der Waals surface area contributed by atoms with Crippen LogP contribution >= 0.6 is 0 Å². The topological polar surface area (TPSA) is 75.9 Å². The zero-order valence-electron chi connectivity index (χ0n) is 16.6. The zero-order valence-corrected chi connectivity index (χ0v) is 16.6. The number of amides is 1. The number of nitrogens with one attached hydrogen (secondary N) is 1. The maximum absolute atomic E-state index is 12.1. The third kappa shape index (κ3) is 4.42. The van der Waals surface area contributed by atoms with Crippen molar-refractivity contribution in [3.8, 4) is 0 Å². The van der Waals surface area contributed by atoms with Gasteiger partial charge >= 0.3 is 0 Å². The Bertz CT molecular complexity index is 595. The van der Waals surface area contributed by atoms with Gasteiger partial charge in [0.15, 0.2) is 5.82 Å². The predicted octanol–water partition coefficient (Wildman–Crippen LogP) is 2.48. The number of carbonyl (C=O) groups is 1. The summed E-state index contributed by atoms with van der Waals surface area (Å²) in [5, 5.41) is 16.7. The number of aryl methyl sites for hydroxylation is 1. The molecule has 1 aromatic rings. The molecule has 1 amide bonds. The Morgan fingerprint density at radius 2 is 2.04 bits per heavy atom. The molecule has 7 nitrogen and oxygen atoms in total. The molecule has 7 heteroatoms. The first-order valence-corrected chi connectivity index (χ1v) is 10.3. The molecule has 1 aliphatic carbocycles. The standard InChI is InChI=1S/C19H34N6O/c1-15(2)10-13-25-18(21-22-23-25)19(20-17-8-5-4-6-9-17)11-7-12-24(14-19)16(3)26/h15,17,20H,4-14H2,1-3H3/t19-/m0/s1. The molecule has 2 aliphatic rings. The van der Waals surface area contributed by atoms with Gasteiger partial charge in [0.2, 0.25) is 5.91 Å². The van der Waals surface area contributed by atoms with E-state index < -0.39 is 0 Å². The number of rotatable bonds is 6. The highest BCUT2D eigenvalue weighted by Gasteiger charge is 2.43. The molecule has 0 unspecified atom stereocenters. The Hall–Kier alpha value is -1.50. The summed E-state index contributed by atoms with van der Waals surface area (Å²) in [5.74, 6) is 1.66. The Morgan fingerprint density at radius 3 is 2.73 bits per heavy atom. The number of tetrazole rings is 1. The van der Waals surface area contributed by atoms with Crippen molar-refractivity contribution in [1.82, 2.24) is 30.4 Å². The largest absolute Gasteiger partial charge is 0.341 e. The van der Waals surface area contributed by atoms with Gasteiger partial charge in [0.25, 0.3) is 0 Å². The second kappa shape index (κ2) is 8.46. The van der Waals surface area contributed by atoms with E-state index in [1.807, 2.05) is 9.58 Å². The summed E-state index contributed by atoms with van der Waals surface area (Å²) in [6, 6.07) is 0.492. The van der Waals surface area contributed by atoms with Gasteiger partial charge in [-0.05, 0) is 48.4 Å². The Balaban J connectivity index is 1.87. The molecule has 3 rings (SSSR count). The van der Waals surface area contributed by atoms with Crippen molar-refractivity contribution in [3.63, 3.8) is 0 Å². The number of piperidine rings is 1. The van der Waals surface area contributed by atoms with E-state index in [1.165, 1.54) is 32.1 Å². The lowest BCUT2D eigenvalue weighted by atomic mass is 9.84.